The largest absolute Gasteiger partial charge is 0.478 e. The predicted molar refractivity (Wildman–Crippen MR) is 45.3 cm³/mol. The van der Waals surface area contributed by atoms with Crippen LogP contribution in [0.3, 0.4) is 0 Å². The number of benzene rings is 1. The van der Waals surface area contributed by atoms with Crippen LogP contribution in [0.5, 0.6) is 0 Å². The molecule has 67 valence electrons. The van der Waals surface area contributed by atoms with Crippen LogP contribution in [0, 0.1) is 6.20 Å². The van der Waals surface area contributed by atoms with E-state index in [0.717, 1.165) is 0 Å². The van der Waals surface area contributed by atoms with Gasteiger partial charge < -0.3 is 10.1 Å². The molecule has 0 aliphatic heterocycles. The summed E-state index contributed by atoms with van der Waals surface area (Å²) in [7, 11) is 0. The SMILES string of the molecule is O=C(O)c1ccc2n[c-]cnc2c1.[Y]. The van der Waals surface area contributed by atoms with Crippen LogP contribution in [0.4, 0.5) is 0 Å². The first-order valence-electron chi connectivity index (χ1n) is 3.63. The van der Waals surface area contributed by atoms with Crippen molar-refractivity contribution >= 4 is 17.0 Å². The standard InChI is InChI=1S/C9H5N2O2.Y/c12-9(13)6-1-2-7-8(5-6)11-4-3-10-7;/h1-2,4-5H,(H,12,13);/q-1;. The molecule has 1 aromatic heterocycles. The van der Waals surface area contributed by atoms with Crippen LogP contribution in [0.25, 0.3) is 11.0 Å². The quantitative estimate of drug-likeness (QED) is 0.782. The van der Waals surface area contributed by atoms with Crippen LogP contribution in [0.2, 0.25) is 0 Å². The Morgan fingerprint density at radius 2 is 2.14 bits per heavy atom. The van der Waals surface area contributed by atoms with Gasteiger partial charge in [-0.3, -0.25) is 4.98 Å². The van der Waals surface area contributed by atoms with Gasteiger partial charge in [0.15, 0.2) is 0 Å². The number of carbonyl (C=O) groups is 1. The molecule has 1 radical (unpaired) electrons. The number of carboxylic acid groups (broad SMARTS) is 1. The molecule has 2 rings (SSSR count). The number of hydrogen-bond acceptors (Lipinski definition) is 3. The van der Waals surface area contributed by atoms with Gasteiger partial charge in [0, 0.05) is 38.2 Å². The van der Waals surface area contributed by atoms with E-state index in [1.54, 1.807) is 6.07 Å². The third-order valence-electron chi connectivity index (χ3n) is 1.67. The molecular formula is C9H5N2O2Y-. The second-order valence-corrected chi connectivity index (χ2v) is 2.51. The summed E-state index contributed by atoms with van der Waals surface area (Å²) in [5.74, 6) is -0.962. The van der Waals surface area contributed by atoms with Crippen molar-refractivity contribution in [3.63, 3.8) is 0 Å². The summed E-state index contributed by atoms with van der Waals surface area (Å²) in [6, 6.07) is 4.59. The van der Waals surface area contributed by atoms with Crippen molar-refractivity contribution < 1.29 is 42.6 Å². The van der Waals surface area contributed by atoms with Crippen molar-refractivity contribution in [1.29, 1.82) is 0 Å². The monoisotopic (exact) mass is 262 g/mol. The molecule has 1 aromatic carbocycles. The van der Waals surface area contributed by atoms with E-state index in [0.29, 0.717) is 11.0 Å². The zero-order valence-corrected chi connectivity index (χ0v) is 9.97. The normalized spacial score (nSPS) is 9.43. The molecule has 0 bridgehead atoms. The van der Waals surface area contributed by atoms with E-state index in [4.69, 9.17) is 5.11 Å². The second-order valence-electron chi connectivity index (χ2n) is 2.51. The summed E-state index contributed by atoms with van der Waals surface area (Å²) < 4.78 is 0. The van der Waals surface area contributed by atoms with Crippen molar-refractivity contribution in [2.75, 3.05) is 0 Å². The smallest absolute Gasteiger partial charge is 0.335 e. The first-order valence-corrected chi connectivity index (χ1v) is 3.63. The van der Waals surface area contributed by atoms with E-state index in [2.05, 4.69) is 16.2 Å². The summed E-state index contributed by atoms with van der Waals surface area (Å²) >= 11 is 0. The summed E-state index contributed by atoms with van der Waals surface area (Å²) in [4.78, 5) is 18.4. The van der Waals surface area contributed by atoms with Gasteiger partial charge in [0.2, 0.25) is 0 Å². The molecule has 4 nitrogen and oxygen atoms in total. The summed E-state index contributed by atoms with van der Waals surface area (Å²) in [6.45, 7) is 0. The van der Waals surface area contributed by atoms with Crippen molar-refractivity contribution in [2.24, 2.45) is 0 Å². The number of aromatic carboxylic acids is 1. The third kappa shape index (κ3) is 2.14. The molecule has 1 N–H and O–H groups in total. The molecule has 2 aromatic rings. The molecule has 0 atom stereocenters. The van der Waals surface area contributed by atoms with Crippen LogP contribution in [-0.4, -0.2) is 21.0 Å². The zero-order chi connectivity index (χ0) is 9.26. The van der Waals surface area contributed by atoms with E-state index in [1.807, 2.05) is 0 Å². The fourth-order valence-electron chi connectivity index (χ4n) is 1.05. The van der Waals surface area contributed by atoms with Crippen LogP contribution in [0.1, 0.15) is 10.4 Å². The van der Waals surface area contributed by atoms with Crippen LogP contribution in [-0.2, 0) is 32.7 Å². The van der Waals surface area contributed by atoms with E-state index in [-0.39, 0.29) is 38.3 Å². The minimum Gasteiger partial charge on any atom is -0.478 e. The van der Waals surface area contributed by atoms with Crippen LogP contribution >= 0.6 is 0 Å². The van der Waals surface area contributed by atoms with Gasteiger partial charge in [-0.25, -0.2) is 4.79 Å². The molecule has 0 saturated heterocycles. The van der Waals surface area contributed by atoms with E-state index in [9.17, 15) is 4.79 Å². The molecule has 0 aliphatic rings. The van der Waals surface area contributed by atoms with E-state index >= 15 is 0 Å². The Kier molecular flexibility index (Phi) is 3.66. The van der Waals surface area contributed by atoms with Gasteiger partial charge in [0.05, 0.1) is 5.56 Å². The molecular weight excluding hydrogens is 257 g/mol. The Balaban J connectivity index is 0.000000980. The topological polar surface area (TPSA) is 63.1 Å². The average Bonchev–Trinajstić information content (AvgIpc) is 2.17. The molecule has 14 heavy (non-hydrogen) atoms. The third-order valence-corrected chi connectivity index (χ3v) is 1.67. The summed E-state index contributed by atoms with van der Waals surface area (Å²) in [5, 5.41) is 8.69. The molecule has 0 saturated carbocycles. The Bertz CT molecular complexity index is 473. The number of hydrogen-bond donors (Lipinski definition) is 1. The van der Waals surface area contributed by atoms with Crippen LogP contribution in [0.15, 0.2) is 24.4 Å². The maximum absolute atomic E-state index is 10.6. The first-order chi connectivity index (χ1) is 6.27. The van der Waals surface area contributed by atoms with Crippen molar-refractivity contribution in [3.05, 3.63) is 36.2 Å². The summed E-state index contributed by atoms with van der Waals surface area (Å²) in [5.41, 5.74) is 1.43. The van der Waals surface area contributed by atoms with Gasteiger partial charge in [-0.15, -0.1) is 12.3 Å². The molecule has 5 heteroatoms. The molecule has 0 fully saturated rings. The first kappa shape index (κ1) is 11.2. The van der Waals surface area contributed by atoms with Gasteiger partial charge >= 0.3 is 5.97 Å². The molecule has 0 unspecified atom stereocenters. The van der Waals surface area contributed by atoms with Gasteiger partial charge in [0.25, 0.3) is 0 Å². The Morgan fingerprint density at radius 1 is 1.36 bits per heavy atom. The van der Waals surface area contributed by atoms with Gasteiger partial charge in [-0.1, -0.05) is 11.6 Å². The van der Waals surface area contributed by atoms with E-state index in [1.165, 1.54) is 18.3 Å². The Morgan fingerprint density at radius 3 is 2.86 bits per heavy atom. The fraction of sp³-hybridized carbons (Fsp3) is 0. The average molecular weight is 262 g/mol. The Hall–Kier alpha value is -0.866. The number of rotatable bonds is 1. The van der Waals surface area contributed by atoms with Gasteiger partial charge in [-0.05, 0) is 12.3 Å². The molecule has 0 spiro atoms. The second kappa shape index (κ2) is 4.57. The van der Waals surface area contributed by atoms with Gasteiger partial charge in [-0.2, -0.15) is 0 Å². The van der Waals surface area contributed by atoms with Crippen molar-refractivity contribution in [2.45, 2.75) is 0 Å². The summed E-state index contributed by atoms with van der Waals surface area (Å²) in [6.07, 6.45) is 3.99. The number of aromatic nitrogens is 2. The number of fused-ring (bicyclic) bond motifs is 1. The Labute approximate surface area is 105 Å². The zero-order valence-electron chi connectivity index (χ0n) is 7.14. The molecule has 1 heterocycles. The minimum atomic E-state index is -0.962. The van der Waals surface area contributed by atoms with Gasteiger partial charge in [0.1, 0.15) is 0 Å². The maximum Gasteiger partial charge on any atom is 0.335 e. The predicted octanol–water partition coefficient (Wildman–Crippen LogP) is 1.13. The van der Waals surface area contributed by atoms with Crippen molar-refractivity contribution in [1.82, 2.24) is 9.97 Å². The minimum absolute atomic E-state index is 0. The van der Waals surface area contributed by atoms with E-state index < -0.39 is 5.97 Å². The molecule has 0 aliphatic carbocycles. The maximum atomic E-state index is 10.6. The fourth-order valence-corrected chi connectivity index (χ4v) is 1.05. The number of carboxylic acids is 1. The number of nitrogens with zero attached hydrogens (tertiary/aromatic N) is 2. The van der Waals surface area contributed by atoms with Crippen molar-refractivity contribution in [3.8, 4) is 0 Å². The van der Waals surface area contributed by atoms with Crippen LogP contribution < -0.4 is 0 Å². The molecule has 0 amide bonds.